The lowest BCUT2D eigenvalue weighted by molar-refractivity contribution is -0.127. The van der Waals surface area contributed by atoms with Gasteiger partial charge in [-0.3, -0.25) is 4.79 Å². The van der Waals surface area contributed by atoms with Gasteiger partial charge in [-0.05, 0) is 18.6 Å². The minimum absolute atomic E-state index is 0.0829. The molecule has 0 unspecified atom stereocenters. The van der Waals surface area contributed by atoms with E-state index in [1.54, 1.807) is 11.0 Å². The van der Waals surface area contributed by atoms with Gasteiger partial charge in [-0.1, -0.05) is 19.9 Å². The molecule has 0 atom stereocenters. The second kappa shape index (κ2) is 6.89. The zero-order chi connectivity index (χ0) is 15.4. The second-order valence-electron chi connectivity index (χ2n) is 5.86. The number of anilines is 1. The summed E-state index contributed by atoms with van der Waals surface area (Å²) in [4.78, 5) is 15.8. The first-order chi connectivity index (χ1) is 9.99. The fourth-order valence-electron chi connectivity index (χ4n) is 2.52. The molecule has 1 aromatic rings. The van der Waals surface area contributed by atoms with Gasteiger partial charge in [0.2, 0.25) is 5.91 Å². The number of hydrogen-bond donors (Lipinski definition) is 1. The molecule has 1 N–H and O–H groups in total. The Morgan fingerprint density at radius 3 is 2.81 bits per heavy atom. The van der Waals surface area contributed by atoms with Crippen molar-refractivity contribution in [1.82, 2.24) is 10.2 Å². The summed E-state index contributed by atoms with van der Waals surface area (Å²) in [5.74, 6) is -0.134. The highest BCUT2D eigenvalue weighted by atomic mass is 19.1. The van der Waals surface area contributed by atoms with E-state index in [-0.39, 0.29) is 17.8 Å². The van der Waals surface area contributed by atoms with Gasteiger partial charge in [-0.2, -0.15) is 0 Å². The maximum absolute atomic E-state index is 14.2. The predicted octanol–water partition coefficient (Wildman–Crippen LogP) is 1.99. The minimum Gasteiger partial charge on any atom is -0.362 e. The molecule has 5 heteroatoms. The summed E-state index contributed by atoms with van der Waals surface area (Å²) in [6, 6.07) is 5.38. The van der Waals surface area contributed by atoms with Crippen molar-refractivity contribution in [3.05, 3.63) is 29.6 Å². The molecule has 1 saturated heterocycles. The first-order valence-electron chi connectivity index (χ1n) is 7.48. The van der Waals surface area contributed by atoms with E-state index < -0.39 is 0 Å². The van der Waals surface area contributed by atoms with Crippen LogP contribution in [0, 0.1) is 5.82 Å². The minimum atomic E-state index is -0.217. The first-order valence-corrected chi connectivity index (χ1v) is 7.48. The molecule has 0 saturated carbocycles. The standard InChI is InChI=1S/C16H24FN3O/c1-12(2)18-10-13-14(17)6-4-7-15(13)20-9-5-8-19(3)16(21)11-20/h4,6-7,12,18H,5,8-11H2,1-3H3. The quantitative estimate of drug-likeness (QED) is 0.922. The van der Waals surface area contributed by atoms with Gasteiger partial charge in [-0.15, -0.1) is 0 Å². The topological polar surface area (TPSA) is 35.6 Å². The number of amides is 1. The lowest BCUT2D eigenvalue weighted by atomic mass is 10.1. The van der Waals surface area contributed by atoms with E-state index in [1.165, 1.54) is 6.07 Å². The van der Waals surface area contributed by atoms with Crippen molar-refractivity contribution in [3.63, 3.8) is 0 Å². The third-order valence-corrected chi connectivity index (χ3v) is 3.80. The average molecular weight is 293 g/mol. The van der Waals surface area contributed by atoms with Crippen molar-refractivity contribution in [1.29, 1.82) is 0 Å². The number of nitrogens with one attached hydrogen (secondary N) is 1. The summed E-state index contributed by atoms with van der Waals surface area (Å²) in [6.07, 6.45) is 0.899. The van der Waals surface area contributed by atoms with E-state index >= 15 is 0 Å². The van der Waals surface area contributed by atoms with Crippen LogP contribution in [-0.2, 0) is 11.3 Å². The Kier molecular flexibility index (Phi) is 5.17. The fraction of sp³-hybridized carbons (Fsp3) is 0.562. The molecule has 0 aliphatic carbocycles. The highest BCUT2D eigenvalue weighted by Gasteiger charge is 2.22. The lowest BCUT2D eigenvalue weighted by Gasteiger charge is -2.25. The zero-order valence-corrected chi connectivity index (χ0v) is 13.0. The first kappa shape index (κ1) is 15.8. The number of carbonyl (C=O) groups is 1. The van der Waals surface area contributed by atoms with Gasteiger partial charge < -0.3 is 15.1 Å². The highest BCUT2D eigenvalue weighted by Crippen LogP contribution is 2.24. The molecule has 0 aromatic heterocycles. The molecule has 0 radical (unpaired) electrons. The average Bonchev–Trinajstić information content (AvgIpc) is 2.59. The number of halogens is 1. The molecule has 1 amide bonds. The SMILES string of the molecule is CC(C)NCc1c(F)cccc1N1CCCN(C)C(=O)C1. The van der Waals surface area contributed by atoms with Crippen LogP contribution in [0.1, 0.15) is 25.8 Å². The zero-order valence-electron chi connectivity index (χ0n) is 13.0. The smallest absolute Gasteiger partial charge is 0.241 e. The molecular formula is C16H24FN3O. The highest BCUT2D eigenvalue weighted by molar-refractivity contribution is 5.82. The summed E-state index contributed by atoms with van der Waals surface area (Å²) >= 11 is 0. The summed E-state index contributed by atoms with van der Waals surface area (Å²) in [5.41, 5.74) is 1.47. The van der Waals surface area contributed by atoms with Crippen LogP contribution >= 0.6 is 0 Å². The Morgan fingerprint density at radius 1 is 1.33 bits per heavy atom. The van der Waals surface area contributed by atoms with Gasteiger partial charge in [0.05, 0.1) is 6.54 Å². The Labute approximate surface area is 125 Å². The van der Waals surface area contributed by atoms with Crippen LogP contribution < -0.4 is 10.2 Å². The third kappa shape index (κ3) is 3.94. The third-order valence-electron chi connectivity index (χ3n) is 3.80. The summed E-state index contributed by atoms with van der Waals surface area (Å²) < 4.78 is 14.2. The molecule has 0 spiro atoms. The van der Waals surface area contributed by atoms with Crippen LogP contribution in [0.25, 0.3) is 0 Å². The van der Waals surface area contributed by atoms with E-state index in [1.807, 2.05) is 31.9 Å². The van der Waals surface area contributed by atoms with Crippen molar-refractivity contribution in [2.75, 3.05) is 31.6 Å². The number of nitrogens with zero attached hydrogens (tertiary/aromatic N) is 2. The van der Waals surface area contributed by atoms with Gasteiger partial charge in [0.25, 0.3) is 0 Å². The maximum atomic E-state index is 14.2. The van der Waals surface area contributed by atoms with Crippen LogP contribution in [0.4, 0.5) is 10.1 Å². The predicted molar refractivity (Wildman–Crippen MR) is 82.8 cm³/mol. The van der Waals surface area contributed by atoms with E-state index in [0.717, 1.165) is 25.2 Å². The summed E-state index contributed by atoms with van der Waals surface area (Å²) in [7, 11) is 1.82. The van der Waals surface area contributed by atoms with Crippen molar-refractivity contribution in [2.45, 2.75) is 32.9 Å². The van der Waals surface area contributed by atoms with Gasteiger partial charge in [0.15, 0.2) is 0 Å². The fourth-order valence-corrected chi connectivity index (χ4v) is 2.52. The van der Waals surface area contributed by atoms with Gasteiger partial charge in [0, 0.05) is 44.0 Å². The molecule has 1 fully saturated rings. The molecule has 116 valence electrons. The number of benzene rings is 1. The maximum Gasteiger partial charge on any atom is 0.241 e. The van der Waals surface area contributed by atoms with Crippen LogP contribution in [-0.4, -0.2) is 43.5 Å². The van der Waals surface area contributed by atoms with Crippen LogP contribution in [0.5, 0.6) is 0 Å². The van der Waals surface area contributed by atoms with E-state index in [0.29, 0.717) is 18.7 Å². The Balaban J connectivity index is 2.25. The largest absolute Gasteiger partial charge is 0.362 e. The van der Waals surface area contributed by atoms with Crippen molar-refractivity contribution < 1.29 is 9.18 Å². The number of likely N-dealkylation sites (N-methyl/N-ethyl adjacent to an activating group) is 1. The van der Waals surface area contributed by atoms with Crippen molar-refractivity contribution >= 4 is 11.6 Å². The van der Waals surface area contributed by atoms with E-state index in [9.17, 15) is 9.18 Å². The van der Waals surface area contributed by atoms with Crippen LogP contribution in [0.2, 0.25) is 0 Å². The van der Waals surface area contributed by atoms with Gasteiger partial charge >= 0.3 is 0 Å². The molecule has 0 bridgehead atoms. The van der Waals surface area contributed by atoms with Gasteiger partial charge in [-0.25, -0.2) is 4.39 Å². The summed E-state index contributed by atoms with van der Waals surface area (Å²) in [6.45, 7) is 6.38. The van der Waals surface area contributed by atoms with Gasteiger partial charge in [0.1, 0.15) is 5.82 Å². The Morgan fingerprint density at radius 2 is 2.10 bits per heavy atom. The van der Waals surface area contributed by atoms with Crippen LogP contribution in [0.3, 0.4) is 0 Å². The lowest BCUT2D eigenvalue weighted by Crippen LogP contribution is -2.35. The molecule has 4 nitrogen and oxygen atoms in total. The molecule has 1 aliphatic heterocycles. The monoisotopic (exact) mass is 293 g/mol. The van der Waals surface area contributed by atoms with Crippen molar-refractivity contribution in [3.8, 4) is 0 Å². The van der Waals surface area contributed by atoms with E-state index in [2.05, 4.69) is 5.32 Å². The molecule has 1 aromatic carbocycles. The number of hydrogen-bond acceptors (Lipinski definition) is 3. The Bertz CT molecular complexity index is 504. The molecular weight excluding hydrogens is 269 g/mol. The Hall–Kier alpha value is -1.62. The molecule has 21 heavy (non-hydrogen) atoms. The normalized spacial score (nSPS) is 16.5. The number of carbonyl (C=O) groups excluding carboxylic acids is 1. The molecule has 1 aliphatic rings. The van der Waals surface area contributed by atoms with E-state index in [4.69, 9.17) is 0 Å². The number of rotatable bonds is 4. The molecule has 1 heterocycles. The van der Waals surface area contributed by atoms with Crippen LogP contribution in [0.15, 0.2) is 18.2 Å². The van der Waals surface area contributed by atoms with Crippen molar-refractivity contribution in [2.24, 2.45) is 0 Å². The molecule has 2 rings (SSSR count). The summed E-state index contributed by atoms with van der Waals surface area (Å²) in [5, 5.41) is 3.26. The second-order valence-corrected chi connectivity index (χ2v) is 5.86.